The second kappa shape index (κ2) is 9.49. The molecule has 1 aromatic heterocycles. The summed E-state index contributed by atoms with van der Waals surface area (Å²) in [4.78, 5) is 13.7. The van der Waals surface area contributed by atoms with E-state index < -0.39 is 39.8 Å². The number of nitrogens with zero attached hydrogens (tertiary/aromatic N) is 5. The van der Waals surface area contributed by atoms with Gasteiger partial charge in [0.05, 0.1) is 27.3 Å². The Morgan fingerprint density at radius 1 is 1.08 bits per heavy atom. The first-order valence-electron chi connectivity index (χ1n) is 9.64. The van der Waals surface area contributed by atoms with Crippen molar-refractivity contribution in [2.45, 2.75) is 19.3 Å². The van der Waals surface area contributed by atoms with Crippen LogP contribution in [0.5, 0.6) is 0 Å². The van der Waals surface area contributed by atoms with Gasteiger partial charge in [0, 0.05) is 23.4 Å². The molecule has 0 amide bonds. The highest BCUT2D eigenvalue weighted by molar-refractivity contribution is 5.75. The van der Waals surface area contributed by atoms with Crippen molar-refractivity contribution >= 4 is 34.4 Å². The molecule has 0 saturated carbocycles. The summed E-state index contributed by atoms with van der Waals surface area (Å²) in [6, 6.07) is 7.71. The monoisotopic (exact) mass is 509 g/mol. The van der Waals surface area contributed by atoms with Gasteiger partial charge in [-0.2, -0.15) is 31.6 Å². The number of anilines is 3. The lowest BCUT2D eigenvalue weighted by atomic mass is 10.1. The van der Waals surface area contributed by atoms with E-state index in [4.69, 9.17) is 5.73 Å². The molecule has 0 bridgehead atoms. The van der Waals surface area contributed by atoms with Crippen LogP contribution in [0.4, 0.5) is 60.7 Å². The standard InChI is InChI=1S/C21H13F6N7O2/c1-10-14(9-28)19(30-12-4-2-3-11(7-12)20(22,23)24)31-18(29)17(10)33-32-16-6-5-13(34(35)36)8-15(16)21(25,26)27/h2-8H,1H3,(H3,29,30,31)/b33-32+. The zero-order chi connectivity index (χ0) is 26.8. The third-order valence-corrected chi connectivity index (χ3v) is 4.76. The van der Waals surface area contributed by atoms with Gasteiger partial charge in [-0.15, -0.1) is 10.2 Å². The summed E-state index contributed by atoms with van der Waals surface area (Å²) < 4.78 is 79.1. The molecule has 0 aliphatic rings. The van der Waals surface area contributed by atoms with Crippen LogP contribution in [0.15, 0.2) is 52.7 Å². The number of aromatic nitrogens is 1. The number of non-ortho nitro benzene ring substituents is 1. The number of nitrogens with two attached hydrogens (primary N) is 1. The number of nitro groups is 1. The van der Waals surface area contributed by atoms with Crippen molar-refractivity contribution in [1.82, 2.24) is 4.98 Å². The van der Waals surface area contributed by atoms with Crippen LogP contribution < -0.4 is 11.1 Å². The van der Waals surface area contributed by atoms with Gasteiger partial charge in [0.25, 0.3) is 5.69 Å². The molecule has 0 aliphatic carbocycles. The Labute approximate surface area is 198 Å². The highest BCUT2D eigenvalue weighted by Crippen LogP contribution is 2.40. The lowest BCUT2D eigenvalue weighted by molar-refractivity contribution is -0.385. The van der Waals surface area contributed by atoms with Crippen LogP contribution in [0.25, 0.3) is 0 Å². The summed E-state index contributed by atoms with van der Waals surface area (Å²) in [6.07, 6.45) is -9.61. The molecule has 0 saturated heterocycles. The first-order chi connectivity index (χ1) is 16.7. The topological polar surface area (TPSA) is 143 Å². The van der Waals surface area contributed by atoms with Crippen molar-refractivity contribution < 1.29 is 31.3 Å². The lowest BCUT2D eigenvalue weighted by Crippen LogP contribution is -2.07. The molecule has 15 heteroatoms. The molecule has 0 radical (unpaired) electrons. The first kappa shape index (κ1) is 25.9. The molecule has 3 aromatic rings. The van der Waals surface area contributed by atoms with Crippen LogP contribution in [-0.4, -0.2) is 9.91 Å². The summed E-state index contributed by atoms with van der Waals surface area (Å²) in [5.41, 5.74) is 1.41. The fraction of sp³-hybridized carbons (Fsp3) is 0.143. The van der Waals surface area contributed by atoms with Crippen molar-refractivity contribution in [2.75, 3.05) is 11.1 Å². The molecule has 0 fully saturated rings. The second-order valence-corrected chi connectivity index (χ2v) is 7.17. The van der Waals surface area contributed by atoms with Gasteiger partial charge in [-0.25, -0.2) is 4.98 Å². The predicted octanol–water partition coefficient (Wildman–Crippen LogP) is 6.95. The van der Waals surface area contributed by atoms with Gasteiger partial charge in [-0.3, -0.25) is 10.1 Å². The molecule has 9 nitrogen and oxygen atoms in total. The Morgan fingerprint density at radius 3 is 2.36 bits per heavy atom. The summed E-state index contributed by atoms with van der Waals surface area (Å²) in [5, 5.41) is 30.1. The van der Waals surface area contributed by atoms with Crippen LogP contribution in [0.2, 0.25) is 0 Å². The van der Waals surface area contributed by atoms with Crippen LogP contribution in [0, 0.1) is 28.4 Å². The Balaban J connectivity index is 2.03. The number of hydrogen-bond donors (Lipinski definition) is 2. The molecule has 0 atom stereocenters. The molecule has 3 N–H and O–H groups in total. The average Bonchev–Trinajstić information content (AvgIpc) is 2.78. The van der Waals surface area contributed by atoms with Crippen molar-refractivity contribution in [2.24, 2.45) is 10.2 Å². The third-order valence-electron chi connectivity index (χ3n) is 4.76. The maximum Gasteiger partial charge on any atom is 0.418 e. The van der Waals surface area contributed by atoms with E-state index in [1.165, 1.54) is 13.0 Å². The largest absolute Gasteiger partial charge is 0.418 e. The quantitative estimate of drug-likeness (QED) is 0.165. The summed E-state index contributed by atoms with van der Waals surface area (Å²) in [7, 11) is 0. The Hall–Kier alpha value is -4.74. The van der Waals surface area contributed by atoms with E-state index in [1.807, 2.05) is 0 Å². The molecule has 0 unspecified atom stereocenters. The fourth-order valence-corrected chi connectivity index (χ4v) is 3.04. The number of nitriles is 1. The smallest absolute Gasteiger partial charge is 0.382 e. The van der Waals surface area contributed by atoms with E-state index >= 15 is 0 Å². The zero-order valence-electron chi connectivity index (χ0n) is 17.9. The molecule has 0 spiro atoms. The maximum absolute atomic E-state index is 13.4. The number of rotatable bonds is 5. The maximum atomic E-state index is 13.4. The van der Waals surface area contributed by atoms with E-state index in [2.05, 4.69) is 20.5 Å². The Morgan fingerprint density at radius 2 is 1.78 bits per heavy atom. The molecule has 36 heavy (non-hydrogen) atoms. The Bertz CT molecular complexity index is 1410. The van der Waals surface area contributed by atoms with E-state index in [0.717, 1.165) is 30.3 Å². The number of benzene rings is 2. The minimum Gasteiger partial charge on any atom is -0.382 e. The number of nitrogens with one attached hydrogen (secondary N) is 1. The fourth-order valence-electron chi connectivity index (χ4n) is 3.04. The van der Waals surface area contributed by atoms with Crippen LogP contribution in [0.1, 0.15) is 22.3 Å². The van der Waals surface area contributed by atoms with Crippen molar-refractivity contribution in [3.8, 4) is 6.07 Å². The van der Waals surface area contributed by atoms with Gasteiger partial charge in [0.2, 0.25) is 0 Å². The summed E-state index contributed by atoms with van der Waals surface area (Å²) >= 11 is 0. The highest BCUT2D eigenvalue weighted by Gasteiger charge is 2.35. The minimum atomic E-state index is -4.99. The number of halogens is 6. The third kappa shape index (κ3) is 5.49. The molecule has 2 aromatic carbocycles. The van der Waals surface area contributed by atoms with E-state index in [0.29, 0.717) is 6.07 Å². The summed E-state index contributed by atoms with van der Waals surface area (Å²) in [6.45, 7) is 1.34. The van der Waals surface area contributed by atoms with Gasteiger partial charge in [0.1, 0.15) is 11.8 Å². The van der Waals surface area contributed by atoms with Crippen LogP contribution in [-0.2, 0) is 12.4 Å². The molecule has 0 aliphatic heterocycles. The highest BCUT2D eigenvalue weighted by atomic mass is 19.4. The van der Waals surface area contributed by atoms with Gasteiger partial charge >= 0.3 is 12.4 Å². The predicted molar refractivity (Wildman–Crippen MR) is 115 cm³/mol. The second-order valence-electron chi connectivity index (χ2n) is 7.17. The summed E-state index contributed by atoms with van der Waals surface area (Å²) in [5.74, 6) is -0.600. The number of azo groups is 1. The Kier molecular flexibility index (Phi) is 6.82. The van der Waals surface area contributed by atoms with Gasteiger partial charge in [-0.1, -0.05) is 6.07 Å². The van der Waals surface area contributed by atoms with Gasteiger partial charge in [0.15, 0.2) is 11.6 Å². The number of alkyl halides is 6. The molecule has 1 heterocycles. The zero-order valence-corrected chi connectivity index (χ0v) is 17.9. The van der Waals surface area contributed by atoms with Crippen molar-refractivity contribution in [1.29, 1.82) is 5.26 Å². The normalized spacial score (nSPS) is 11.9. The van der Waals surface area contributed by atoms with Crippen LogP contribution >= 0.6 is 0 Å². The van der Waals surface area contributed by atoms with Gasteiger partial charge < -0.3 is 11.1 Å². The van der Waals surface area contributed by atoms with Crippen molar-refractivity contribution in [3.05, 3.63) is 74.8 Å². The van der Waals surface area contributed by atoms with Crippen molar-refractivity contribution in [3.63, 3.8) is 0 Å². The lowest BCUT2D eigenvalue weighted by Gasteiger charge is -2.14. The number of hydrogen-bond acceptors (Lipinski definition) is 8. The SMILES string of the molecule is Cc1c(C#N)c(Nc2cccc(C(F)(F)F)c2)nc(N)c1/N=N/c1ccc([N+](=O)[O-])cc1C(F)(F)F. The molecule has 186 valence electrons. The first-order valence-corrected chi connectivity index (χ1v) is 9.64. The van der Waals surface area contributed by atoms with Crippen LogP contribution in [0.3, 0.4) is 0 Å². The average molecular weight is 509 g/mol. The molecule has 3 rings (SSSR count). The number of nitrogen functional groups attached to an aromatic ring is 1. The minimum absolute atomic E-state index is 0.0266. The molecular weight excluding hydrogens is 496 g/mol. The number of nitro benzene ring substituents is 1. The molecular formula is C21H13F6N7O2. The van der Waals surface area contributed by atoms with E-state index in [9.17, 15) is 41.7 Å². The van der Waals surface area contributed by atoms with E-state index in [-0.39, 0.29) is 34.1 Å². The van der Waals surface area contributed by atoms with Gasteiger partial charge in [-0.05, 0) is 31.2 Å². The number of pyridine rings is 1. The van der Waals surface area contributed by atoms with E-state index in [1.54, 1.807) is 6.07 Å².